The van der Waals surface area contributed by atoms with Gasteiger partial charge in [0.05, 0.1) is 13.7 Å². The number of aliphatic carboxylic acids is 1. The van der Waals surface area contributed by atoms with E-state index in [1.807, 2.05) is 0 Å². The average molecular weight is 337 g/mol. The number of nitrogens with zero attached hydrogens (tertiary/aromatic N) is 1. The molecule has 2 rings (SSSR count). The van der Waals surface area contributed by atoms with Crippen molar-refractivity contribution in [3.63, 3.8) is 0 Å². The lowest BCUT2D eigenvalue weighted by molar-refractivity contribution is -0.142. The summed E-state index contributed by atoms with van der Waals surface area (Å²) < 4.78 is 16.2. The van der Waals surface area contributed by atoms with Gasteiger partial charge in [-0.3, -0.25) is 4.90 Å². The summed E-state index contributed by atoms with van der Waals surface area (Å²) in [5.41, 5.74) is -0.685. The molecule has 7 nitrogen and oxygen atoms in total. The Balaban J connectivity index is 2.05. The van der Waals surface area contributed by atoms with Gasteiger partial charge in [-0.1, -0.05) is 0 Å². The molecule has 1 aromatic carbocycles. The average Bonchev–Trinajstić information content (AvgIpc) is 2.90. The summed E-state index contributed by atoms with van der Waals surface area (Å²) in [5, 5.41) is 9.36. The molecule has 0 spiro atoms. The second kappa shape index (κ2) is 6.98. The fourth-order valence-corrected chi connectivity index (χ4v) is 2.49. The van der Waals surface area contributed by atoms with Crippen LogP contribution in [0.2, 0.25) is 0 Å². The molecule has 1 aliphatic heterocycles. The normalized spacial score (nSPS) is 20.6. The minimum Gasteiger partial charge on any atom is -0.497 e. The van der Waals surface area contributed by atoms with Gasteiger partial charge in [-0.25, -0.2) is 9.59 Å². The quantitative estimate of drug-likeness (QED) is 0.909. The number of carboxylic acids is 1. The van der Waals surface area contributed by atoms with Crippen LogP contribution in [0.25, 0.3) is 0 Å². The third-order valence-corrected chi connectivity index (χ3v) is 3.54. The van der Waals surface area contributed by atoms with Crippen molar-refractivity contribution >= 4 is 12.1 Å². The lowest BCUT2D eigenvalue weighted by Crippen LogP contribution is -2.43. The number of carboxylic acid groups (broad SMARTS) is 1. The maximum atomic E-state index is 12.2. The van der Waals surface area contributed by atoms with Gasteiger partial charge in [-0.05, 0) is 45.0 Å². The maximum Gasteiger partial charge on any atom is 0.411 e. The number of hydrogen-bond donors (Lipinski definition) is 1. The van der Waals surface area contributed by atoms with Crippen molar-refractivity contribution in [1.82, 2.24) is 4.90 Å². The molecule has 24 heavy (non-hydrogen) atoms. The van der Waals surface area contributed by atoms with E-state index in [0.29, 0.717) is 11.5 Å². The summed E-state index contributed by atoms with van der Waals surface area (Å²) in [7, 11) is 1.57. The second-order valence-electron chi connectivity index (χ2n) is 6.64. The smallest absolute Gasteiger partial charge is 0.411 e. The molecule has 132 valence electrons. The Bertz CT molecular complexity index is 592. The minimum atomic E-state index is -1.07. The number of rotatable bonds is 4. The van der Waals surface area contributed by atoms with Crippen LogP contribution in [0.15, 0.2) is 24.3 Å². The summed E-state index contributed by atoms with van der Waals surface area (Å²) >= 11 is 0. The summed E-state index contributed by atoms with van der Waals surface area (Å²) in [6.45, 7) is 5.38. The van der Waals surface area contributed by atoms with Crippen LogP contribution in [0, 0.1) is 0 Å². The Morgan fingerprint density at radius 3 is 2.25 bits per heavy atom. The topological polar surface area (TPSA) is 85.3 Å². The van der Waals surface area contributed by atoms with Crippen LogP contribution in [-0.2, 0) is 9.53 Å². The van der Waals surface area contributed by atoms with E-state index in [1.165, 1.54) is 4.90 Å². The number of ether oxygens (including phenoxy) is 3. The van der Waals surface area contributed by atoms with Gasteiger partial charge in [0.2, 0.25) is 0 Å². The van der Waals surface area contributed by atoms with E-state index in [9.17, 15) is 14.7 Å². The van der Waals surface area contributed by atoms with E-state index < -0.39 is 29.8 Å². The van der Waals surface area contributed by atoms with Crippen molar-refractivity contribution in [3.05, 3.63) is 24.3 Å². The highest BCUT2D eigenvalue weighted by atomic mass is 16.6. The molecule has 0 aromatic heterocycles. The summed E-state index contributed by atoms with van der Waals surface area (Å²) in [6.07, 6.45) is -0.844. The number of amides is 1. The first-order valence-electron chi connectivity index (χ1n) is 7.73. The third-order valence-electron chi connectivity index (χ3n) is 3.54. The largest absolute Gasteiger partial charge is 0.497 e. The van der Waals surface area contributed by atoms with Crippen molar-refractivity contribution in [2.24, 2.45) is 0 Å². The molecule has 1 amide bonds. The van der Waals surface area contributed by atoms with E-state index in [1.54, 1.807) is 52.1 Å². The molecule has 1 N–H and O–H groups in total. The first-order chi connectivity index (χ1) is 11.2. The molecular weight excluding hydrogens is 314 g/mol. The molecule has 1 aromatic rings. The number of carbonyl (C=O) groups is 2. The number of methoxy groups -OCH3 is 1. The molecule has 0 saturated carbocycles. The molecule has 0 aliphatic carbocycles. The molecule has 1 saturated heterocycles. The van der Waals surface area contributed by atoms with Crippen LogP contribution >= 0.6 is 0 Å². The van der Waals surface area contributed by atoms with E-state index >= 15 is 0 Å². The first-order valence-corrected chi connectivity index (χ1v) is 7.73. The van der Waals surface area contributed by atoms with E-state index in [2.05, 4.69) is 0 Å². The Labute approximate surface area is 141 Å². The molecule has 7 heteroatoms. The highest BCUT2D eigenvalue weighted by Gasteiger charge is 2.42. The SMILES string of the molecule is COc1ccc(O[C@H]2C[C@@H](C(=O)O)N(C(=O)OC(C)(C)C)C2)cc1. The Morgan fingerprint density at radius 2 is 1.75 bits per heavy atom. The lowest BCUT2D eigenvalue weighted by atomic mass is 10.2. The molecular formula is C17H23NO6. The molecule has 0 radical (unpaired) electrons. The van der Waals surface area contributed by atoms with Crippen LogP contribution in [-0.4, -0.2) is 53.5 Å². The van der Waals surface area contributed by atoms with Crippen molar-refractivity contribution < 1.29 is 28.9 Å². The summed E-state index contributed by atoms with van der Waals surface area (Å²) in [4.78, 5) is 24.9. The summed E-state index contributed by atoms with van der Waals surface area (Å²) in [6, 6.07) is 6.04. The molecule has 2 atom stereocenters. The Morgan fingerprint density at radius 1 is 1.17 bits per heavy atom. The molecule has 1 fully saturated rings. The standard InChI is InChI=1S/C17H23NO6/c1-17(2,3)24-16(21)18-10-13(9-14(18)15(19)20)23-12-7-5-11(22-4)6-8-12/h5-8,13-14H,9-10H2,1-4H3,(H,19,20)/t13-,14-/m0/s1. The second-order valence-corrected chi connectivity index (χ2v) is 6.64. The Kier molecular flexibility index (Phi) is 5.21. The van der Waals surface area contributed by atoms with E-state index in [0.717, 1.165) is 0 Å². The van der Waals surface area contributed by atoms with Gasteiger partial charge in [0.25, 0.3) is 0 Å². The van der Waals surface area contributed by atoms with Gasteiger partial charge in [0, 0.05) is 6.42 Å². The number of likely N-dealkylation sites (tertiary alicyclic amines) is 1. The Hall–Kier alpha value is -2.44. The highest BCUT2D eigenvalue weighted by Crippen LogP contribution is 2.26. The van der Waals surface area contributed by atoms with E-state index in [-0.39, 0.29) is 13.0 Å². The summed E-state index contributed by atoms with van der Waals surface area (Å²) in [5.74, 6) is 0.227. The van der Waals surface area contributed by atoms with Crippen molar-refractivity contribution in [3.8, 4) is 11.5 Å². The predicted octanol–water partition coefficient (Wildman–Crippen LogP) is 2.54. The maximum absolute atomic E-state index is 12.2. The molecule has 1 heterocycles. The lowest BCUT2D eigenvalue weighted by Gasteiger charge is -2.26. The fraction of sp³-hybridized carbons (Fsp3) is 0.529. The fourth-order valence-electron chi connectivity index (χ4n) is 2.49. The van der Waals surface area contributed by atoms with Crippen molar-refractivity contribution in [2.75, 3.05) is 13.7 Å². The van der Waals surface area contributed by atoms with Crippen LogP contribution < -0.4 is 9.47 Å². The number of hydrogen-bond acceptors (Lipinski definition) is 5. The monoisotopic (exact) mass is 337 g/mol. The first kappa shape index (κ1) is 17.9. The zero-order chi connectivity index (χ0) is 17.9. The van der Waals surface area contributed by atoms with Crippen LogP contribution in [0.1, 0.15) is 27.2 Å². The molecule has 0 unspecified atom stereocenters. The van der Waals surface area contributed by atoms with Gasteiger partial charge in [-0.15, -0.1) is 0 Å². The van der Waals surface area contributed by atoms with Gasteiger partial charge in [0.15, 0.2) is 0 Å². The van der Waals surface area contributed by atoms with Gasteiger partial charge < -0.3 is 19.3 Å². The van der Waals surface area contributed by atoms with Crippen molar-refractivity contribution in [2.45, 2.75) is 44.9 Å². The van der Waals surface area contributed by atoms with Gasteiger partial charge in [-0.2, -0.15) is 0 Å². The van der Waals surface area contributed by atoms with Crippen molar-refractivity contribution in [1.29, 1.82) is 0 Å². The van der Waals surface area contributed by atoms with Crippen LogP contribution in [0.3, 0.4) is 0 Å². The molecule has 1 aliphatic rings. The van der Waals surface area contributed by atoms with Gasteiger partial charge in [0.1, 0.15) is 29.2 Å². The number of benzene rings is 1. The van der Waals surface area contributed by atoms with Crippen LogP contribution in [0.4, 0.5) is 4.79 Å². The minimum absolute atomic E-state index is 0.165. The highest BCUT2D eigenvalue weighted by molar-refractivity contribution is 5.81. The number of carbonyl (C=O) groups excluding carboxylic acids is 1. The zero-order valence-corrected chi connectivity index (χ0v) is 14.3. The van der Waals surface area contributed by atoms with Gasteiger partial charge >= 0.3 is 12.1 Å². The van der Waals surface area contributed by atoms with E-state index in [4.69, 9.17) is 14.2 Å². The predicted molar refractivity (Wildman–Crippen MR) is 86.4 cm³/mol. The van der Waals surface area contributed by atoms with Crippen LogP contribution in [0.5, 0.6) is 11.5 Å². The molecule has 0 bridgehead atoms. The zero-order valence-electron chi connectivity index (χ0n) is 14.3. The third kappa shape index (κ3) is 4.53.